The number of halogens is 1. The molecule has 0 spiro atoms. The number of carbonyl (C=O) groups excluding carboxylic acids is 2. The maximum atomic E-state index is 12.6. The van der Waals surface area contributed by atoms with Gasteiger partial charge in [-0.1, -0.05) is 0 Å². The van der Waals surface area contributed by atoms with Gasteiger partial charge in [0.1, 0.15) is 5.75 Å². The van der Waals surface area contributed by atoms with Crippen LogP contribution in [-0.2, 0) is 4.79 Å². The summed E-state index contributed by atoms with van der Waals surface area (Å²) in [5.41, 5.74) is 1.15. The highest BCUT2D eigenvalue weighted by Gasteiger charge is 2.25. The summed E-state index contributed by atoms with van der Waals surface area (Å²) in [5, 5.41) is 5.96. The van der Waals surface area contributed by atoms with E-state index in [9.17, 15) is 9.59 Å². The fourth-order valence-electron chi connectivity index (χ4n) is 2.80. The largest absolute Gasteiger partial charge is 0.482 e. The third kappa shape index (κ3) is 3.34. The molecule has 2 N–H and O–H groups in total. The Morgan fingerprint density at radius 2 is 2.27 bits per heavy atom. The van der Waals surface area contributed by atoms with Gasteiger partial charge in [-0.05, 0) is 38.1 Å². The molecule has 0 aliphatic carbocycles. The van der Waals surface area contributed by atoms with Gasteiger partial charge in [-0.2, -0.15) is 0 Å². The molecular weight excluding hydrogens is 306 g/mol. The maximum absolute atomic E-state index is 12.6. The Balaban J connectivity index is 0.00000176. The highest BCUT2D eigenvalue weighted by atomic mass is 35.5. The number of piperidine rings is 1. The number of benzene rings is 1. The van der Waals surface area contributed by atoms with Gasteiger partial charge in [0.2, 0.25) is 0 Å². The van der Waals surface area contributed by atoms with Gasteiger partial charge in [-0.15, -0.1) is 12.4 Å². The van der Waals surface area contributed by atoms with E-state index < -0.39 is 0 Å². The van der Waals surface area contributed by atoms with E-state index in [4.69, 9.17) is 4.74 Å². The first kappa shape index (κ1) is 16.6. The maximum Gasteiger partial charge on any atom is 0.262 e. The van der Waals surface area contributed by atoms with Crippen LogP contribution < -0.4 is 15.4 Å². The second kappa shape index (κ2) is 6.98. The first-order valence-electron chi connectivity index (χ1n) is 7.20. The van der Waals surface area contributed by atoms with Gasteiger partial charge < -0.3 is 20.3 Å². The molecule has 0 aromatic heterocycles. The molecule has 120 valence electrons. The molecule has 1 aromatic rings. The molecule has 2 heterocycles. The van der Waals surface area contributed by atoms with E-state index in [0.717, 1.165) is 25.9 Å². The van der Waals surface area contributed by atoms with Crippen LogP contribution in [0.4, 0.5) is 5.69 Å². The van der Waals surface area contributed by atoms with E-state index in [2.05, 4.69) is 10.6 Å². The number of nitrogens with one attached hydrogen (secondary N) is 2. The Labute approximate surface area is 135 Å². The van der Waals surface area contributed by atoms with Gasteiger partial charge >= 0.3 is 0 Å². The molecule has 1 fully saturated rings. The minimum Gasteiger partial charge on any atom is -0.482 e. The Kier molecular flexibility index (Phi) is 5.26. The smallest absolute Gasteiger partial charge is 0.262 e. The van der Waals surface area contributed by atoms with Crippen molar-refractivity contribution in [1.29, 1.82) is 0 Å². The fourth-order valence-corrected chi connectivity index (χ4v) is 2.80. The minimum atomic E-state index is -0.194. The summed E-state index contributed by atoms with van der Waals surface area (Å²) in [7, 11) is 1.92. The molecule has 2 aliphatic heterocycles. The van der Waals surface area contributed by atoms with Gasteiger partial charge in [0.15, 0.2) is 6.61 Å². The molecule has 6 nitrogen and oxygen atoms in total. The number of hydrogen-bond donors (Lipinski definition) is 2. The van der Waals surface area contributed by atoms with E-state index >= 15 is 0 Å². The van der Waals surface area contributed by atoms with Gasteiger partial charge in [0.05, 0.1) is 5.69 Å². The molecule has 1 saturated heterocycles. The van der Waals surface area contributed by atoms with Gasteiger partial charge in [0, 0.05) is 24.7 Å². The number of fused-ring (bicyclic) bond motifs is 1. The third-order valence-electron chi connectivity index (χ3n) is 3.98. The topological polar surface area (TPSA) is 70.7 Å². The first-order chi connectivity index (χ1) is 10.2. The highest BCUT2D eigenvalue weighted by Crippen LogP contribution is 2.29. The fraction of sp³-hybridized carbons (Fsp3) is 0.467. The summed E-state index contributed by atoms with van der Waals surface area (Å²) in [6.45, 7) is 1.52. The lowest BCUT2D eigenvalue weighted by molar-refractivity contribution is -0.118. The van der Waals surface area contributed by atoms with Crippen molar-refractivity contribution in [2.45, 2.75) is 18.9 Å². The van der Waals surface area contributed by atoms with Crippen molar-refractivity contribution in [3.8, 4) is 5.75 Å². The molecule has 0 saturated carbocycles. The van der Waals surface area contributed by atoms with Crippen LogP contribution in [0.25, 0.3) is 0 Å². The van der Waals surface area contributed by atoms with Gasteiger partial charge in [-0.3, -0.25) is 9.59 Å². The lowest BCUT2D eigenvalue weighted by Crippen LogP contribution is -2.47. The van der Waals surface area contributed by atoms with Crippen LogP contribution in [0.3, 0.4) is 0 Å². The van der Waals surface area contributed by atoms with E-state index in [-0.39, 0.29) is 30.8 Å². The summed E-state index contributed by atoms with van der Waals surface area (Å²) in [4.78, 5) is 25.8. The predicted molar refractivity (Wildman–Crippen MR) is 85.8 cm³/mol. The summed E-state index contributed by atoms with van der Waals surface area (Å²) in [6.07, 6.45) is 2.09. The molecule has 0 radical (unpaired) electrons. The molecule has 1 atom stereocenters. The second-order valence-electron chi connectivity index (χ2n) is 5.43. The van der Waals surface area contributed by atoms with Crippen LogP contribution in [0, 0.1) is 0 Å². The number of carbonyl (C=O) groups is 2. The van der Waals surface area contributed by atoms with E-state index in [0.29, 0.717) is 23.0 Å². The zero-order valence-corrected chi connectivity index (χ0v) is 13.2. The molecule has 7 heteroatoms. The first-order valence-corrected chi connectivity index (χ1v) is 7.20. The lowest BCUT2D eigenvalue weighted by atomic mass is 10.0. The van der Waals surface area contributed by atoms with Crippen molar-refractivity contribution in [3.05, 3.63) is 23.8 Å². The van der Waals surface area contributed by atoms with E-state index in [1.54, 1.807) is 18.2 Å². The number of amides is 2. The monoisotopic (exact) mass is 325 g/mol. The van der Waals surface area contributed by atoms with E-state index in [1.165, 1.54) is 0 Å². The molecular formula is C15H20ClN3O3. The molecule has 0 bridgehead atoms. The molecule has 1 unspecified atom stereocenters. The average Bonchev–Trinajstić information content (AvgIpc) is 2.53. The summed E-state index contributed by atoms with van der Waals surface area (Å²) < 4.78 is 5.30. The van der Waals surface area contributed by atoms with Crippen molar-refractivity contribution in [2.75, 3.05) is 32.1 Å². The number of likely N-dealkylation sites (N-methyl/N-ethyl adjacent to an activating group) is 1. The van der Waals surface area contributed by atoms with Gasteiger partial charge in [-0.25, -0.2) is 0 Å². The number of ether oxygens (including phenoxy) is 1. The number of likely N-dealkylation sites (tertiary alicyclic amines) is 1. The summed E-state index contributed by atoms with van der Waals surface area (Å²) in [6, 6.07) is 5.53. The van der Waals surface area contributed by atoms with Crippen LogP contribution in [-0.4, -0.2) is 49.5 Å². The van der Waals surface area contributed by atoms with E-state index in [1.807, 2.05) is 11.9 Å². The zero-order chi connectivity index (χ0) is 14.8. The van der Waals surface area contributed by atoms with Crippen molar-refractivity contribution in [3.63, 3.8) is 0 Å². The summed E-state index contributed by atoms with van der Waals surface area (Å²) >= 11 is 0. The molecule has 1 aromatic carbocycles. The number of anilines is 1. The van der Waals surface area contributed by atoms with Crippen molar-refractivity contribution in [2.24, 2.45) is 0 Å². The Morgan fingerprint density at radius 3 is 3.05 bits per heavy atom. The molecule has 2 aliphatic rings. The third-order valence-corrected chi connectivity index (χ3v) is 3.98. The Morgan fingerprint density at radius 1 is 1.45 bits per heavy atom. The minimum absolute atomic E-state index is 0. The molecule has 2 amide bonds. The van der Waals surface area contributed by atoms with Crippen LogP contribution in [0.15, 0.2) is 18.2 Å². The Bertz CT molecular complexity index is 579. The average molecular weight is 326 g/mol. The lowest BCUT2D eigenvalue weighted by Gasteiger charge is -2.32. The van der Waals surface area contributed by atoms with Crippen molar-refractivity contribution in [1.82, 2.24) is 10.2 Å². The highest BCUT2D eigenvalue weighted by molar-refractivity contribution is 5.99. The SMILES string of the molecule is CNC1CCCN(C(=O)c2ccc3c(c2)NC(=O)CO3)C1.Cl. The number of nitrogens with zero attached hydrogens (tertiary/aromatic N) is 1. The molecule has 3 rings (SSSR count). The second-order valence-corrected chi connectivity index (χ2v) is 5.43. The normalized spacial score (nSPS) is 20.3. The summed E-state index contributed by atoms with van der Waals surface area (Å²) in [5.74, 6) is 0.413. The van der Waals surface area contributed by atoms with Crippen LogP contribution in [0.5, 0.6) is 5.75 Å². The molecule has 22 heavy (non-hydrogen) atoms. The number of rotatable bonds is 2. The van der Waals surface area contributed by atoms with Gasteiger partial charge in [0.25, 0.3) is 11.8 Å². The van der Waals surface area contributed by atoms with Crippen LogP contribution in [0.2, 0.25) is 0 Å². The van der Waals surface area contributed by atoms with Crippen LogP contribution >= 0.6 is 12.4 Å². The van der Waals surface area contributed by atoms with Crippen LogP contribution in [0.1, 0.15) is 23.2 Å². The standard InChI is InChI=1S/C15H19N3O3.ClH/c1-16-11-3-2-6-18(8-11)15(20)10-4-5-13-12(7-10)17-14(19)9-21-13;/h4-5,7,11,16H,2-3,6,8-9H2,1H3,(H,17,19);1H. The zero-order valence-electron chi connectivity index (χ0n) is 12.4. The van der Waals surface area contributed by atoms with Crippen molar-refractivity contribution >= 4 is 29.9 Å². The van der Waals surface area contributed by atoms with Crippen molar-refractivity contribution < 1.29 is 14.3 Å². The Hall–Kier alpha value is -1.79. The quantitative estimate of drug-likeness (QED) is 0.859. The number of hydrogen-bond acceptors (Lipinski definition) is 4. The predicted octanol–water partition coefficient (Wildman–Crippen LogP) is 1.26.